The molecular weight excluding hydrogens is 392 g/mol. The molecule has 0 saturated carbocycles. The predicted molar refractivity (Wildman–Crippen MR) is 133 cm³/mol. The van der Waals surface area contributed by atoms with Crippen LogP contribution in [0, 0.1) is 0 Å². The van der Waals surface area contributed by atoms with Crippen LogP contribution in [-0.4, -0.2) is 18.0 Å². The lowest BCUT2D eigenvalue weighted by Crippen LogP contribution is -2.49. The van der Waals surface area contributed by atoms with Gasteiger partial charge >= 0.3 is 0 Å². The summed E-state index contributed by atoms with van der Waals surface area (Å²) in [6.45, 7) is 4.90. The van der Waals surface area contributed by atoms with Crippen LogP contribution in [0.2, 0.25) is 13.1 Å². The van der Waals surface area contributed by atoms with Gasteiger partial charge in [0.2, 0.25) is 0 Å². The molecule has 0 fully saturated rings. The normalized spacial score (nSPS) is 13.7. The zero-order chi connectivity index (χ0) is 21.0. The summed E-state index contributed by atoms with van der Waals surface area (Å²) < 4.78 is 0. The summed E-state index contributed by atoms with van der Waals surface area (Å²) >= 11 is 0. The molecule has 148 valence electrons. The Bertz CT molecular complexity index is 1440. The Morgan fingerprint density at radius 3 is 1.97 bits per heavy atom. The van der Waals surface area contributed by atoms with Gasteiger partial charge in [0.25, 0.3) is 0 Å². The Morgan fingerprint density at radius 2 is 1.23 bits per heavy atom. The van der Waals surface area contributed by atoms with Gasteiger partial charge in [-0.05, 0) is 27.6 Å². The fraction of sp³-hybridized carbons (Fsp3) is 0.0714. The maximum atomic E-state index is 5.07. The summed E-state index contributed by atoms with van der Waals surface area (Å²) in [5.41, 5.74) is 6.90. The van der Waals surface area contributed by atoms with E-state index >= 15 is 0 Å². The van der Waals surface area contributed by atoms with E-state index in [1.54, 1.807) is 0 Å². The lowest BCUT2D eigenvalue weighted by atomic mass is 10.0. The van der Waals surface area contributed by atoms with Gasteiger partial charge in [0.15, 0.2) is 5.82 Å². The second kappa shape index (κ2) is 6.72. The highest BCUT2D eigenvalue weighted by Gasteiger charge is 2.37. The zero-order valence-electron chi connectivity index (χ0n) is 17.6. The van der Waals surface area contributed by atoms with Gasteiger partial charge in [-0.15, -0.1) is 0 Å². The maximum Gasteiger partial charge on any atom is 0.160 e. The van der Waals surface area contributed by atoms with E-state index in [-0.39, 0.29) is 0 Å². The van der Waals surface area contributed by atoms with Crippen molar-refractivity contribution in [3.05, 3.63) is 97.1 Å². The van der Waals surface area contributed by atoms with Gasteiger partial charge in [0, 0.05) is 16.5 Å². The molecule has 2 heterocycles. The fourth-order valence-electron chi connectivity index (χ4n) is 4.86. The van der Waals surface area contributed by atoms with Gasteiger partial charge in [-0.25, -0.2) is 9.97 Å². The molecule has 6 rings (SSSR count). The van der Waals surface area contributed by atoms with Gasteiger partial charge in [0.1, 0.15) is 8.07 Å². The third-order valence-corrected chi connectivity index (χ3v) is 10.0. The van der Waals surface area contributed by atoms with Crippen molar-refractivity contribution in [3.63, 3.8) is 0 Å². The predicted octanol–water partition coefficient (Wildman–Crippen LogP) is 5.77. The Morgan fingerprint density at radius 1 is 0.581 bits per heavy atom. The van der Waals surface area contributed by atoms with Crippen molar-refractivity contribution in [2.75, 3.05) is 0 Å². The number of nitrogens with zero attached hydrogens (tertiary/aromatic N) is 2. The molecule has 1 aliphatic rings. The molecule has 0 bridgehead atoms. The summed E-state index contributed by atoms with van der Waals surface area (Å²) in [4.78, 5) is 10.1. The van der Waals surface area contributed by atoms with Crippen molar-refractivity contribution < 1.29 is 0 Å². The molecule has 4 aromatic carbocycles. The minimum atomic E-state index is -1.76. The molecule has 0 radical (unpaired) electrons. The molecule has 3 heteroatoms. The van der Waals surface area contributed by atoms with Gasteiger partial charge in [-0.3, -0.25) is 0 Å². The first-order valence-electron chi connectivity index (χ1n) is 10.7. The molecule has 0 aliphatic carbocycles. The number of fused-ring (bicyclic) bond motifs is 4. The Balaban J connectivity index is 1.70. The molecule has 0 unspecified atom stereocenters. The topological polar surface area (TPSA) is 25.8 Å². The molecule has 2 nitrogen and oxygen atoms in total. The number of aromatic nitrogens is 2. The average molecular weight is 415 g/mol. The molecular formula is C28H22N2Si. The van der Waals surface area contributed by atoms with Crippen LogP contribution in [0.15, 0.2) is 97.1 Å². The molecule has 0 N–H and O–H groups in total. The van der Waals surface area contributed by atoms with Crippen molar-refractivity contribution in [2.45, 2.75) is 13.1 Å². The first-order chi connectivity index (χ1) is 15.1. The van der Waals surface area contributed by atoms with E-state index in [4.69, 9.17) is 9.97 Å². The minimum absolute atomic E-state index is 0.773. The number of benzene rings is 4. The van der Waals surface area contributed by atoms with E-state index in [1.807, 2.05) is 18.2 Å². The summed E-state index contributed by atoms with van der Waals surface area (Å²) in [5, 5.41) is 4.13. The highest BCUT2D eigenvalue weighted by atomic mass is 28.3. The molecule has 0 amide bonds. The Hall–Kier alpha value is -3.56. The van der Waals surface area contributed by atoms with Gasteiger partial charge in [0.05, 0.1) is 11.2 Å². The van der Waals surface area contributed by atoms with Crippen LogP contribution in [0.4, 0.5) is 0 Å². The molecule has 0 saturated heterocycles. The van der Waals surface area contributed by atoms with Crippen molar-refractivity contribution in [2.24, 2.45) is 0 Å². The Labute approximate surface area is 183 Å². The smallest absolute Gasteiger partial charge is 0.160 e. The number of hydrogen-bond acceptors (Lipinski definition) is 2. The van der Waals surface area contributed by atoms with Crippen LogP contribution < -0.4 is 10.4 Å². The van der Waals surface area contributed by atoms with E-state index in [0.29, 0.717) is 0 Å². The third kappa shape index (κ3) is 2.77. The van der Waals surface area contributed by atoms with Crippen molar-refractivity contribution in [1.29, 1.82) is 0 Å². The van der Waals surface area contributed by atoms with Crippen LogP contribution in [0.1, 0.15) is 0 Å². The molecule has 1 aliphatic heterocycles. The van der Waals surface area contributed by atoms with Crippen molar-refractivity contribution >= 4 is 29.4 Å². The first-order valence-corrected chi connectivity index (χ1v) is 13.7. The van der Waals surface area contributed by atoms with E-state index < -0.39 is 8.07 Å². The maximum absolute atomic E-state index is 5.07. The third-order valence-electron chi connectivity index (χ3n) is 6.48. The van der Waals surface area contributed by atoms with E-state index in [9.17, 15) is 0 Å². The zero-order valence-corrected chi connectivity index (χ0v) is 18.6. The molecule has 0 spiro atoms. The summed E-state index contributed by atoms with van der Waals surface area (Å²) in [5.74, 6) is 0.773. The van der Waals surface area contributed by atoms with Crippen LogP contribution in [0.5, 0.6) is 0 Å². The lowest BCUT2D eigenvalue weighted by Gasteiger charge is -2.19. The van der Waals surface area contributed by atoms with E-state index in [0.717, 1.165) is 33.5 Å². The summed E-state index contributed by atoms with van der Waals surface area (Å²) in [6, 6.07) is 34.3. The monoisotopic (exact) mass is 414 g/mol. The van der Waals surface area contributed by atoms with Crippen molar-refractivity contribution in [3.8, 4) is 33.8 Å². The van der Waals surface area contributed by atoms with Crippen LogP contribution in [0.25, 0.3) is 44.7 Å². The largest absolute Gasteiger partial charge is 0.228 e. The SMILES string of the molecule is C[Si]1(C)c2ccccc2-c2cc3nc(-c4ccccc4)nc(-c4ccccc4)c3cc21. The van der Waals surface area contributed by atoms with Crippen LogP contribution >= 0.6 is 0 Å². The highest BCUT2D eigenvalue weighted by Crippen LogP contribution is 2.35. The molecule has 1 aromatic heterocycles. The fourth-order valence-corrected chi connectivity index (χ4v) is 7.94. The average Bonchev–Trinajstić information content (AvgIpc) is 3.05. The van der Waals surface area contributed by atoms with Crippen molar-refractivity contribution in [1.82, 2.24) is 9.97 Å². The van der Waals surface area contributed by atoms with Gasteiger partial charge < -0.3 is 0 Å². The van der Waals surface area contributed by atoms with Gasteiger partial charge in [-0.1, -0.05) is 104 Å². The molecule has 5 aromatic rings. The number of rotatable bonds is 2. The lowest BCUT2D eigenvalue weighted by molar-refractivity contribution is 1.23. The molecule has 0 atom stereocenters. The Kier molecular flexibility index (Phi) is 3.95. The van der Waals surface area contributed by atoms with Gasteiger partial charge in [-0.2, -0.15) is 0 Å². The van der Waals surface area contributed by atoms with E-state index in [2.05, 4.69) is 92.0 Å². The minimum Gasteiger partial charge on any atom is -0.228 e. The first kappa shape index (κ1) is 18.2. The molecule has 31 heavy (non-hydrogen) atoms. The quantitative estimate of drug-likeness (QED) is 0.343. The number of hydrogen-bond donors (Lipinski definition) is 0. The van der Waals surface area contributed by atoms with E-state index in [1.165, 1.54) is 21.5 Å². The summed E-state index contributed by atoms with van der Waals surface area (Å²) in [7, 11) is -1.76. The summed E-state index contributed by atoms with van der Waals surface area (Å²) in [6.07, 6.45) is 0. The van der Waals surface area contributed by atoms with Crippen LogP contribution in [-0.2, 0) is 0 Å². The second-order valence-electron chi connectivity index (χ2n) is 8.71. The standard InChI is InChI=1S/C28H22N2Si/c1-31(2)25-16-10-9-15-21(25)22-17-24-23(18-26(22)31)27(19-11-5-3-6-12-19)30-28(29-24)20-13-7-4-8-14-20/h3-18H,1-2H3. The highest BCUT2D eigenvalue weighted by molar-refractivity contribution is 7.03. The second-order valence-corrected chi connectivity index (χ2v) is 13.0. The van der Waals surface area contributed by atoms with Crippen LogP contribution in [0.3, 0.4) is 0 Å².